The first-order chi connectivity index (χ1) is 8.95. The fraction of sp³-hybridized carbons (Fsp3) is 0.571. The molecule has 0 spiro atoms. The average molecular weight is 337 g/mol. The smallest absolute Gasteiger partial charge is 0.545 e. The minimum atomic E-state index is -1.23. The minimum absolute atomic E-state index is 0. The van der Waals surface area contributed by atoms with Gasteiger partial charge in [-0.2, -0.15) is 0 Å². The summed E-state index contributed by atoms with van der Waals surface area (Å²) in [6, 6.07) is 0. The molecule has 0 aliphatic heterocycles. The summed E-state index contributed by atoms with van der Waals surface area (Å²) in [6.07, 6.45) is 6.70. The van der Waals surface area contributed by atoms with Gasteiger partial charge in [0.25, 0.3) is 0 Å². The number of unbranched alkanes of at least 4 members (excludes halogenated alkanes) is 2. The van der Waals surface area contributed by atoms with Crippen LogP contribution in [0.25, 0.3) is 0 Å². The Labute approximate surface area is 134 Å². The van der Waals surface area contributed by atoms with E-state index in [1.807, 2.05) is 0 Å². The molecule has 0 unspecified atom stereocenters. The second kappa shape index (κ2) is 26.5. The maximum absolute atomic E-state index is 9.14. The molecule has 0 bridgehead atoms. The van der Waals surface area contributed by atoms with Crippen molar-refractivity contribution in [1.82, 2.24) is 5.32 Å². The van der Waals surface area contributed by atoms with Gasteiger partial charge < -0.3 is 25.1 Å². The molecule has 0 heterocycles. The summed E-state index contributed by atoms with van der Waals surface area (Å²) in [4.78, 5) is 18.3. The van der Waals surface area contributed by atoms with Gasteiger partial charge in [-0.1, -0.05) is 39.8 Å². The number of rotatable bonds is 8. The summed E-state index contributed by atoms with van der Waals surface area (Å²) < 4.78 is 0. The number of carboxylic acid groups (broad SMARTS) is 2. The van der Waals surface area contributed by atoms with Crippen LogP contribution in [-0.2, 0) is 29.1 Å². The second-order valence-electron chi connectivity index (χ2n) is 3.50. The topological polar surface area (TPSA) is 92.3 Å². The number of carboxylic acids is 2. The first-order valence-corrected chi connectivity index (χ1v) is 6.33. The largest absolute Gasteiger partial charge is 2.00 e. The van der Waals surface area contributed by atoms with Crippen molar-refractivity contribution in [2.45, 2.75) is 39.5 Å². The number of hydrogen-bond donors (Lipinski definition) is 1. The fourth-order valence-electron chi connectivity index (χ4n) is 0.729. The van der Waals surface area contributed by atoms with Gasteiger partial charge in [-0.3, -0.25) is 0 Å². The summed E-state index contributed by atoms with van der Waals surface area (Å²) in [5, 5.41) is 21.7. The first-order valence-electron chi connectivity index (χ1n) is 6.33. The number of carbonyl (C=O) groups is 2. The van der Waals surface area contributed by atoms with Crippen LogP contribution >= 0.6 is 0 Å². The molecule has 0 fully saturated rings. The number of nitrogens with one attached hydrogen (secondary N) is 1. The second-order valence-corrected chi connectivity index (χ2v) is 3.50. The summed E-state index contributed by atoms with van der Waals surface area (Å²) in [6.45, 7) is 12.7. The molecule has 0 amide bonds. The van der Waals surface area contributed by atoms with Crippen molar-refractivity contribution < 1.29 is 39.3 Å². The van der Waals surface area contributed by atoms with Gasteiger partial charge in [-0.25, -0.2) is 0 Å². The Hall–Kier alpha value is -0.997. The molecule has 0 aromatic heterocycles. The van der Waals surface area contributed by atoms with Crippen molar-refractivity contribution in [3.63, 3.8) is 0 Å². The zero-order valence-electron chi connectivity index (χ0n) is 12.7. The Morgan fingerprint density at radius 2 is 1.20 bits per heavy atom. The van der Waals surface area contributed by atoms with E-state index in [0.717, 1.165) is 12.2 Å². The molecule has 20 heavy (non-hydrogen) atoms. The Bertz CT molecular complexity index is 221. The van der Waals surface area contributed by atoms with Crippen molar-refractivity contribution in [2.24, 2.45) is 0 Å². The van der Waals surface area contributed by atoms with E-state index in [1.54, 1.807) is 0 Å². The molecule has 0 rings (SSSR count). The van der Waals surface area contributed by atoms with Crippen LogP contribution in [0.3, 0.4) is 0 Å². The normalized spacial score (nSPS) is 7.70. The van der Waals surface area contributed by atoms with Crippen LogP contribution in [0.1, 0.15) is 39.5 Å². The van der Waals surface area contributed by atoms with Crippen LogP contribution in [0.5, 0.6) is 0 Å². The molecule has 5 nitrogen and oxygen atoms in total. The molecule has 0 radical (unpaired) electrons. The van der Waals surface area contributed by atoms with Gasteiger partial charge in [0, 0.05) is 0 Å². The Morgan fingerprint density at radius 3 is 1.35 bits per heavy atom. The van der Waals surface area contributed by atoms with Crippen molar-refractivity contribution in [2.75, 3.05) is 13.1 Å². The molecule has 0 atom stereocenters. The molecular weight excluding hydrogens is 312 g/mol. The van der Waals surface area contributed by atoms with Gasteiger partial charge in [-0.15, -0.1) is 0 Å². The molecule has 0 aliphatic carbocycles. The van der Waals surface area contributed by atoms with Crippen molar-refractivity contribution in [3.8, 4) is 0 Å². The maximum Gasteiger partial charge on any atom is 2.00 e. The van der Waals surface area contributed by atoms with E-state index in [2.05, 4.69) is 32.3 Å². The third kappa shape index (κ3) is 53.7. The summed E-state index contributed by atoms with van der Waals surface area (Å²) in [7, 11) is 0. The van der Waals surface area contributed by atoms with Crippen LogP contribution in [0, 0.1) is 0 Å². The quantitative estimate of drug-likeness (QED) is 0.383. The van der Waals surface area contributed by atoms with Crippen molar-refractivity contribution in [1.29, 1.82) is 0 Å². The third-order valence-corrected chi connectivity index (χ3v) is 1.75. The molecule has 1 N–H and O–H groups in total. The van der Waals surface area contributed by atoms with Crippen LogP contribution in [0.4, 0.5) is 0 Å². The van der Waals surface area contributed by atoms with E-state index in [-0.39, 0.29) is 19.5 Å². The molecule has 0 aromatic carbocycles. The van der Waals surface area contributed by atoms with Gasteiger partial charge in [0.2, 0.25) is 0 Å². The van der Waals surface area contributed by atoms with Crippen LogP contribution < -0.4 is 15.5 Å². The van der Waals surface area contributed by atoms with Gasteiger partial charge in [0.1, 0.15) is 0 Å². The number of aliphatic carboxylic acids is 2. The Morgan fingerprint density at radius 1 is 0.950 bits per heavy atom. The SMILES string of the molecule is C=CC(=O)[O-].C=CC(=O)[O-].CCCCNCCCC.[Zn+2]. The van der Waals surface area contributed by atoms with Crippen LogP contribution in [0.2, 0.25) is 0 Å². The monoisotopic (exact) mass is 335 g/mol. The molecule has 0 aromatic rings. The van der Waals surface area contributed by atoms with Crippen molar-refractivity contribution in [3.05, 3.63) is 25.3 Å². The van der Waals surface area contributed by atoms with Gasteiger partial charge in [0.05, 0.1) is 11.9 Å². The molecule has 112 valence electrons. The van der Waals surface area contributed by atoms with E-state index < -0.39 is 11.9 Å². The summed E-state index contributed by atoms with van der Waals surface area (Å²) in [5.74, 6) is -2.46. The molecular formula is C14H25NO4Zn. The number of carbonyl (C=O) groups excluding carboxylic acids is 2. The van der Waals surface area contributed by atoms with E-state index >= 15 is 0 Å². The van der Waals surface area contributed by atoms with Gasteiger partial charge in [-0.05, 0) is 38.1 Å². The van der Waals surface area contributed by atoms with E-state index in [0.29, 0.717) is 0 Å². The van der Waals surface area contributed by atoms with Gasteiger partial charge in [0.15, 0.2) is 0 Å². The Kier molecular flexibility index (Phi) is 36.3. The predicted octanol–water partition coefficient (Wildman–Crippen LogP) is 0.0183. The van der Waals surface area contributed by atoms with Gasteiger partial charge >= 0.3 is 19.5 Å². The Balaban J connectivity index is -0.000000101. The van der Waals surface area contributed by atoms with Crippen LogP contribution in [-0.4, -0.2) is 25.0 Å². The summed E-state index contributed by atoms with van der Waals surface area (Å²) in [5.41, 5.74) is 0. The first kappa shape index (κ1) is 27.4. The van der Waals surface area contributed by atoms with E-state index in [4.69, 9.17) is 19.8 Å². The molecule has 0 saturated carbocycles. The average Bonchev–Trinajstić information content (AvgIpc) is 2.40. The van der Waals surface area contributed by atoms with E-state index in [1.165, 1.54) is 38.8 Å². The maximum atomic E-state index is 9.14. The molecule has 0 aliphatic rings. The minimum Gasteiger partial charge on any atom is -0.545 e. The predicted molar refractivity (Wildman–Crippen MR) is 73.1 cm³/mol. The summed E-state index contributed by atoms with van der Waals surface area (Å²) >= 11 is 0. The number of hydrogen-bond acceptors (Lipinski definition) is 5. The standard InChI is InChI=1S/C8H19N.2C3H4O2.Zn/c1-3-5-7-9-8-6-4-2;2*1-2-3(4)5;/h9H,3-8H2,1-2H3;2*2H,1H2,(H,4,5);/q;;;+2/p-2. The zero-order chi connectivity index (χ0) is 15.5. The zero-order valence-corrected chi connectivity index (χ0v) is 15.6. The fourth-order valence-corrected chi connectivity index (χ4v) is 0.729. The molecule has 6 heteroatoms. The van der Waals surface area contributed by atoms with Crippen LogP contribution in [0.15, 0.2) is 25.3 Å². The third-order valence-electron chi connectivity index (χ3n) is 1.75. The molecule has 0 saturated heterocycles. The van der Waals surface area contributed by atoms with E-state index in [9.17, 15) is 0 Å². The van der Waals surface area contributed by atoms with Crippen molar-refractivity contribution >= 4 is 11.9 Å².